The van der Waals surface area contributed by atoms with Crippen molar-refractivity contribution in [2.24, 2.45) is 0 Å². The number of rotatable bonds is 7. The molecule has 7 heteroatoms. The fraction of sp³-hybridized carbons (Fsp3) is 0.333. The van der Waals surface area contributed by atoms with Gasteiger partial charge < -0.3 is 10.0 Å². The normalized spacial score (nSPS) is 10.5. The second kappa shape index (κ2) is 6.79. The zero-order valence-electron chi connectivity index (χ0n) is 10.1. The van der Waals surface area contributed by atoms with Gasteiger partial charge in [-0.05, 0) is 6.07 Å². The molecule has 0 amide bonds. The van der Waals surface area contributed by atoms with Crippen LogP contribution in [-0.4, -0.2) is 29.7 Å². The van der Waals surface area contributed by atoms with Crippen molar-refractivity contribution < 1.29 is 18.8 Å². The monoisotopic (exact) mass is 272 g/mol. The highest BCUT2D eigenvalue weighted by Crippen LogP contribution is 2.33. The lowest BCUT2D eigenvalue weighted by Gasteiger charge is -2.24. The highest BCUT2D eigenvalue weighted by atomic mass is 19.3. The number of hydrogen-bond acceptors (Lipinski definition) is 4. The van der Waals surface area contributed by atoms with E-state index >= 15 is 0 Å². The van der Waals surface area contributed by atoms with Crippen molar-refractivity contribution >= 4 is 11.4 Å². The van der Waals surface area contributed by atoms with E-state index in [4.69, 9.17) is 5.11 Å². The number of anilines is 1. The number of aliphatic hydroxyl groups excluding tert-OH is 1. The zero-order chi connectivity index (χ0) is 14.4. The molecule has 0 aromatic heterocycles. The third kappa shape index (κ3) is 3.72. The molecule has 0 aliphatic rings. The van der Waals surface area contributed by atoms with E-state index in [0.29, 0.717) is 0 Å². The molecule has 0 atom stereocenters. The Balaban J connectivity index is 3.23. The van der Waals surface area contributed by atoms with E-state index in [0.717, 1.165) is 12.1 Å². The maximum atomic E-state index is 13.0. The number of aliphatic hydroxyl groups is 1. The van der Waals surface area contributed by atoms with E-state index in [2.05, 4.69) is 6.58 Å². The lowest BCUT2D eigenvalue weighted by Crippen LogP contribution is -2.27. The SMILES string of the molecule is C=CCN(CCO)c1ccc([N+](=O)[O-])cc1C(F)F. The van der Waals surface area contributed by atoms with Gasteiger partial charge in [-0.1, -0.05) is 6.08 Å². The predicted molar refractivity (Wildman–Crippen MR) is 67.5 cm³/mol. The topological polar surface area (TPSA) is 66.6 Å². The average Bonchev–Trinajstić information content (AvgIpc) is 2.37. The Morgan fingerprint density at radius 1 is 1.53 bits per heavy atom. The van der Waals surface area contributed by atoms with Gasteiger partial charge >= 0.3 is 0 Å². The highest BCUT2D eigenvalue weighted by molar-refractivity contribution is 5.58. The molecule has 1 rings (SSSR count). The van der Waals surface area contributed by atoms with Crippen molar-refractivity contribution in [1.29, 1.82) is 0 Å². The van der Waals surface area contributed by atoms with Crippen LogP contribution in [0, 0.1) is 10.1 Å². The standard InChI is InChI=1S/C12H14F2N2O3/c1-2-5-15(6-7-17)11-4-3-9(16(18)19)8-10(11)12(13)14/h2-4,8,12,17H,1,5-7H2. The number of nitrogens with zero attached hydrogens (tertiary/aromatic N) is 2. The molecule has 0 heterocycles. The molecule has 19 heavy (non-hydrogen) atoms. The molecule has 0 unspecified atom stereocenters. The number of hydrogen-bond donors (Lipinski definition) is 1. The maximum absolute atomic E-state index is 13.0. The first-order valence-corrected chi connectivity index (χ1v) is 5.54. The molecule has 0 saturated heterocycles. The summed E-state index contributed by atoms with van der Waals surface area (Å²) in [5.41, 5.74) is -0.652. The Morgan fingerprint density at radius 2 is 2.21 bits per heavy atom. The molecule has 0 aliphatic carbocycles. The van der Waals surface area contributed by atoms with Crippen LogP contribution in [0.25, 0.3) is 0 Å². The molecule has 0 saturated carbocycles. The first-order valence-electron chi connectivity index (χ1n) is 5.54. The molecule has 104 valence electrons. The first-order chi connectivity index (χ1) is 9.01. The molecule has 1 N–H and O–H groups in total. The number of nitro benzene ring substituents is 1. The van der Waals surface area contributed by atoms with Crippen molar-refractivity contribution in [3.8, 4) is 0 Å². The number of non-ortho nitro benzene ring substituents is 1. The van der Waals surface area contributed by atoms with E-state index in [1.165, 1.54) is 17.0 Å². The number of alkyl halides is 2. The van der Waals surface area contributed by atoms with Gasteiger partial charge in [0.15, 0.2) is 0 Å². The molecule has 1 aromatic carbocycles. The van der Waals surface area contributed by atoms with Crippen LogP contribution in [0.2, 0.25) is 0 Å². The predicted octanol–water partition coefficient (Wildman–Crippen LogP) is 2.52. The smallest absolute Gasteiger partial charge is 0.270 e. The van der Waals surface area contributed by atoms with Crippen LogP contribution in [0.15, 0.2) is 30.9 Å². The van der Waals surface area contributed by atoms with Gasteiger partial charge in [0, 0.05) is 36.5 Å². The minimum Gasteiger partial charge on any atom is -0.395 e. The second-order valence-corrected chi connectivity index (χ2v) is 3.76. The highest BCUT2D eigenvalue weighted by Gasteiger charge is 2.20. The van der Waals surface area contributed by atoms with Gasteiger partial charge in [-0.15, -0.1) is 6.58 Å². The van der Waals surface area contributed by atoms with Crippen molar-refractivity contribution in [1.82, 2.24) is 0 Å². The van der Waals surface area contributed by atoms with Crippen LogP contribution >= 0.6 is 0 Å². The summed E-state index contributed by atoms with van der Waals surface area (Å²) in [7, 11) is 0. The van der Waals surface area contributed by atoms with Gasteiger partial charge in [0.25, 0.3) is 12.1 Å². The van der Waals surface area contributed by atoms with Gasteiger partial charge in [-0.25, -0.2) is 8.78 Å². The fourth-order valence-electron chi connectivity index (χ4n) is 1.70. The van der Waals surface area contributed by atoms with Crippen LogP contribution in [0.3, 0.4) is 0 Å². The van der Waals surface area contributed by atoms with Crippen LogP contribution in [-0.2, 0) is 0 Å². The molecule has 0 bridgehead atoms. The molecule has 1 aromatic rings. The Hall–Kier alpha value is -2.02. The van der Waals surface area contributed by atoms with E-state index in [9.17, 15) is 18.9 Å². The summed E-state index contributed by atoms with van der Waals surface area (Å²) in [6.07, 6.45) is -1.33. The van der Waals surface area contributed by atoms with E-state index < -0.39 is 16.9 Å². The van der Waals surface area contributed by atoms with E-state index in [1.807, 2.05) is 0 Å². The lowest BCUT2D eigenvalue weighted by molar-refractivity contribution is -0.385. The first kappa shape index (κ1) is 15.0. The van der Waals surface area contributed by atoms with Gasteiger partial charge in [0.1, 0.15) is 0 Å². The van der Waals surface area contributed by atoms with Crippen molar-refractivity contribution in [3.05, 3.63) is 46.5 Å². The summed E-state index contributed by atoms with van der Waals surface area (Å²) >= 11 is 0. The van der Waals surface area contributed by atoms with Gasteiger partial charge in [-0.3, -0.25) is 10.1 Å². The number of benzene rings is 1. The molecular weight excluding hydrogens is 258 g/mol. The van der Waals surface area contributed by atoms with Crippen LogP contribution in [0.4, 0.5) is 20.2 Å². The van der Waals surface area contributed by atoms with Crippen molar-refractivity contribution in [3.63, 3.8) is 0 Å². The molecule has 0 radical (unpaired) electrons. The maximum Gasteiger partial charge on any atom is 0.270 e. The summed E-state index contributed by atoms with van der Waals surface area (Å²) in [6.45, 7) is 3.70. The molecule has 5 nitrogen and oxygen atoms in total. The second-order valence-electron chi connectivity index (χ2n) is 3.76. The fourth-order valence-corrected chi connectivity index (χ4v) is 1.70. The quantitative estimate of drug-likeness (QED) is 0.470. The minimum absolute atomic E-state index is 0.142. The summed E-state index contributed by atoms with van der Waals surface area (Å²) < 4.78 is 25.9. The molecule has 0 fully saturated rings. The summed E-state index contributed by atoms with van der Waals surface area (Å²) in [4.78, 5) is 11.4. The summed E-state index contributed by atoms with van der Waals surface area (Å²) in [5, 5.41) is 19.5. The van der Waals surface area contributed by atoms with Crippen LogP contribution in [0.1, 0.15) is 12.0 Å². The Kier molecular flexibility index (Phi) is 5.37. The van der Waals surface area contributed by atoms with Crippen molar-refractivity contribution in [2.45, 2.75) is 6.43 Å². The van der Waals surface area contributed by atoms with Gasteiger partial charge in [-0.2, -0.15) is 0 Å². The third-order valence-corrected chi connectivity index (χ3v) is 2.52. The van der Waals surface area contributed by atoms with Gasteiger partial charge in [0.05, 0.1) is 11.5 Å². The lowest BCUT2D eigenvalue weighted by atomic mass is 10.1. The third-order valence-electron chi connectivity index (χ3n) is 2.52. The van der Waals surface area contributed by atoms with Crippen LogP contribution in [0.5, 0.6) is 0 Å². The Morgan fingerprint density at radius 3 is 2.68 bits per heavy atom. The summed E-state index contributed by atoms with van der Waals surface area (Å²) in [5.74, 6) is 0. The number of halogens is 2. The largest absolute Gasteiger partial charge is 0.395 e. The molecular formula is C12H14F2N2O3. The van der Waals surface area contributed by atoms with E-state index in [-0.39, 0.29) is 31.1 Å². The van der Waals surface area contributed by atoms with Crippen molar-refractivity contribution in [2.75, 3.05) is 24.6 Å². The van der Waals surface area contributed by atoms with Gasteiger partial charge in [0.2, 0.25) is 0 Å². The van der Waals surface area contributed by atoms with E-state index in [1.54, 1.807) is 0 Å². The zero-order valence-corrected chi connectivity index (χ0v) is 10.1. The van der Waals surface area contributed by atoms with Crippen LogP contribution < -0.4 is 4.90 Å². The summed E-state index contributed by atoms with van der Waals surface area (Å²) in [6, 6.07) is 3.28. The average molecular weight is 272 g/mol. The Labute approximate surface area is 108 Å². The molecule has 0 spiro atoms. The Bertz CT molecular complexity index is 466. The molecule has 0 aliphatic heterocycles. The number of nitro groups is 1. The minimum atomic E-state index is -2.83.